The highest BCUT2D eigenvalue weighted by atomic mass is 16.6. The first kappa shape index (κ1) is 25.4. The molecule has 1 N–H and O–H groups in total. The van der Waals surface area contributed by atoms with Crippen LogP contribution in [-0.4, -0.2) is 61.2 Å². The molecule has 12 heteroatoms. The normalized spacial score (nSPS) is 15.0. The molecule has 1 aliphatic rings. The van der Waals surface area contributed by atoms with Gasteiger partial charge in [0.15, 0.2) is 5.82 Å². The molecule has 1 saturated heterocycles. The number of anilines is 1. The van der Waals surface area contributed by atoms with E-state index in [1.54, 1.807) is 23.1 Å². The number of piperazine rings is 1. The van der Waals surface area contributed by atoms with Crippen LogP contribution in [0.25, 0.3) is 10.9 Å². The van der Waals surface area contributed by atoms with Gasteiger partial charge in [0.25, 0.3) is 11.2 Å². The van der Waals surface area contributed by atoms with E-state index in [-0.39, 0.29) is 11.2 Å². The second-order valence-electron chi connectivity index (χ2n) is 10.1. The smallest absolute Gasteiger partial charge is 0.269 e. The standard InChI is InChI=1S/C28H28N8O4/c1-18-14-19(2)23-16-24(28(37)29-25(23)15-18)26(27-30-31-32-35(27)17-22-4-3-13-40-22)34-11-9-33(10-12-34)20-5-7-21(8-6-20)36(38)39/h3-8,13-16,26H,9-12,17H2,1-2H3,(H,29,37). The fraction of sp³-hybridized carbons (Fsp3) is 0.286. The van der Waals surface area contributed by atoms with E-state index in [0.29, 0.717) is 49.9 Å². The number of H-pyrrole nitrogens is 1. The average Bonchev–Trinajstić information content (AvgIpc) is 3.63. The van der Waals surface area contributed by atoms with Gasteiger partial charge in [0, 0.05) is 60.5 Å². The van der Waals surface area contributed by atoms with Crippen LogP contribution in [0.15, 0.2) is 70.1 Å². The van der Waals surface area contributed by atoms with E-state index in [2.05, 4.69) is 36.4 Å². The molecule has 0 saturated carbocycles. The summed E-state index contributed by atoms with van der Waals surface area (Å²) in [6, 6.07) is 15.8. The maximum absolute atomic E-state index is 13.6. The summed E-state index contributed by atoms with van der Waals surface area (Å²) in [6.45, 7) is 6.96. The van der Waals surface area contributed by atoms with Gasteiger partial charge in [-0.1, -0.05) is 6.07 Å². The highest BCUT2D eigenvalue weighted by Crippen LogP contribution is 2.30. The fourth-order valence-corrected chi connectivity index (χ4v) is 5.49. The Labute approximate surface area is 229 Å². The number of nitro groups is 1. The van der Waals surface area contributed by atoms with Crippen LogP contribution in [0, 0.1) is 24.0 Å². The largest absolute Gasteiger partial charge is 0.467 e. The molecule has 0 aliphatic carbocycles. The number of aromatic amines is 1. The first-order chi connectivity index (χ1) is 19.4. The van der Waals surface area contributed by atoms with Gasteiger partial charge in [-0.25, -0.2) is 4.68 Å². The molecule has 1 aliphatic heterocycles. The van der Waals surface area contributed by atoms with Crippen LogP contribution in [0.2, 0.25) is 0 Å². The van der Waals surface area contributed by atoms with Crippen molar-refractivity contribution >= 4 is 22.3 Å². The lowest BCUT2D eigenvalue weighted by Crippen LogP contribution is -2.49. The SMILES string of the molecule is Cc1cc(C)c2cc(C(c3nnnn3Cc3ccco3)N3CCN(c4ccc([N+](=O)[O-])cc4)CC3)c(=O)[nH]c2c1. The summed E-state index contributed by atoms with van der Waals surface area (Å²) in [7, 11) is 0. The molecule has 6 rings (SSSR count). The van der Waals surface area contributed by atoms with E-state index in [4.69, 9.17) is 4.42 Å². The van der Waals surface area contributed by atoms with Crippen LogP contribution in [0.3, 0.4) is 0 Å². The quantitative estimate of drug-likeness (QED) is 0.242. The summed E-state index contributed by atoms with van der Waals surface area (Å²) in [5, 5.41) is 24.6. The van der Waals surface area contributed by atoms with Crippen molar-refractivity contribution in [2.45, 2.75) is 26.4 Å². The Hall–Kier alpha value is -4.84. The topological polar surface area (TPSA) is 139 Å². The number of aryl methyl sites for hydroxylation is 2. The van der Waals surface area contributed by atoms with Crippen LogP contribution in [-0.2, 0) is 6.54 Å². The zero-order valence-electron chi connectivity index (χ0n) is 22.1. The minimum atomic E-state index is -0.502. The predicted molar refractivity (Wildman–Crippen MR) is 148 cm³/mol. The number of non-ortho nitro benzene ring substituents is 1. The maximum atomic E-state index is 13.6. The molecule has 0 amide bonds. The highest BCUT2D eigenvalue weighted by molar-refractivity contribution is 5.83. The van der Waals surface area contributed by atoms with Gasteiger partial charge < -0.3 is 14.3 Å². The molecular weight excluding hydrogens is 512 g/mol. The summed E-state index contributed by atoms with van der Waals surface area (Å²) >= 11 is 0. The number of nitrogens with one attached hydrogen (secondary N) is 1. The Morgan fingerprint density at radius 1 is 1.07 bits per heavy atom. The zero-order valence-corrected chi connectivity index (χ0v) is 22.1. The number of benzene rings is 2. The number of hydrogen-bond acceptors (Lipinski definition) is 9. The van der Waals surface area contributed by atoms with Crippen LogP contribution < -0.4 is 10.5 Å². The van der Waals surface area contributed by atoms with Crippen LogP contribution in [0.5, 0.6) is 0 Å². The van der Waals surface area contributed by atoms with Crippen molar-refractivity contribution in [3.05, 3.63) is 110 Å². The third kappa shape index (κ3) is 4.84. The van der Waals surface area contributed by atoms with Gasteiger partial charge in [-0.15, -0.1) is 5.10 Å². The first-order valence-electron chi connectivity index (χ1n) is 13.0. The van der Waals surface area contributed by atoms with Gasteiger partial charge in [0.2, 0.25) is 0 Å². The Kier molecular flexibility index (Phi) is 6.60. The summed E-state index contributed by atoms with van der Waals surface area (Å²) in [4.78, 5) is 31.7. The van der Waals surface area contributed by atoms with E-state index >= 15 is 0 Å². The number of hydrogen-bond donors (Lipinski definition) is 1. The average molecular weight is 541 g/mol. The van der Waals surface area contributed by atoms with Crippen LogP contribution in [0.4, 0.5) is 11.4 Å². The van der Waals surface area contributed by atoms with E-state index < -0.39 is 11.0 Å². The van der Waals surface area contributed by atoms with E-state index in [1.165, 1.54) is 12.1 Å². The Balaban J connectivity index is 1.37. The van der Waals surface area contributed by atoms with E-state index in [0.717, 1.165) is 27.7 Å². The summed E-state index contributed by atoms with van der Waals surface area (Å²) in [6.07, 6.45) is 1.60. The molecule has 40 heavy (non-hydrogen) atoms. The third-order valence-corrected chi connectivity index (χ3v) is 7.43. The monoisotopic (exact) mass is 540 g/mol. The molecule has 204 valence electrons. The first-order valence-corrected chi connectivity index (χ1v) is 13.0. The Morgan fingerprint density at radius 2 is 1.85 bits per heavy atom. The molecule has 1 atom stereocenters. The van der Waals surface area contributed by atoms with Gasteiger partial charge in [-0.05, 0) is 71.8 Å². The molecule has 1 fully saturated rings. The number of tetrazole rings is 1. The summed E-state index contributed by atoms with van der Waals surface area (Å²) in [5.74, 6) is 1.25. The second-order valence-corrected chi connectivity index (χ2v) is 10.1. The van der Waals surface area contributed by atoms with Crippen molar-refractivity contribution in [3.8, 4) is 0 Å². The molecule has 0 radical (unpaired) electrons. The van der Waals surface area contributed by atoms with Crippen molar-refractivity contribution in [1.82, 2.24) is 30.1 Å². The van der Waals surface area contributed by atoms with Crippen LogP contribution >= 0.6 is 0 Å². The lowest BCUT2D eigenvalue weighted by Gasteiger charge is -2.39. The van der Waals surface area contributed by atoms with Crippen LogP contribution in [0.1, 0.15) is 34.3 Å². The molecule has 0 bridgehead atoms. The van der Waals surface area contributed by atoms with Crippen molar-refractivity contribution in [2.75, 3.05) is 31.1 Å². The minimum Gasteiger partial charge on any atom is -0.467 e. The molecular formula is C28H28N8O4. The lowest BCUT2D eigenvalue weighted by molar-refractivity contribution is -0.384. The van der Waals surface area contributed by atoms with Crippen molar-refractivity contribution in [1.29, 1.82) is 0 Å². The van der Waals surface area contributed by atoms with Crippen molar-refractivity contribution < 1.29 is 9.34 Å². The molecule has 5 aromatic rings. The fourth-order valence-electron chi connectivity index (χ4n) is 5.49. The van der Waals surface area contributed by atoms with Crippen molar-refractivity contribution in [2.24, 2.45) is 0 Å². The zero-order chi connectivity index (χ0) is 27.8. The molecule has 3 aromatic heterocycles. The van der Waals surface area contributed by atoms with Gasteiger partial charge in [0.05, 0.1) is 11.2 Å². The number of aromatic nitrogens is 5. The lowest BCUT2D eigenvalue weighted by atomic mass is 9.99. The highest BCUT2D eigenvalue weighted by Gasteiger charge is 2.33. The van der Waals surface area contributed by atoms with Gasteiger partial charge in [-0.2, -0.15) is 0 Å². The van der Waals surface area contributed by atoms with Crippen molar-refractivity contribution in [3.63, 3.8) is 0 Å². The molecule has 2 aromatic carbocycles. The molecule has 1 unspecified atom stereocenters. The number of nitrogens with zero attached hydrogens (tertiary/aromatic N) is 7. The maximum Gasteiger partial charge on any atom is 0.269 e. The third-order valence-electron chi connectivity index (χ3n) is 7.43. The minimum absolute atomic E-state index is 0.0619. The number of fused-ring (bicyclic) bond motifs is 1. The second kappa shape index (κ2) is 10.4. The van der Waals surface area contributed by atoms with Gasteiger partial charge in [-0.3, -0.25) is 19.8 Å². The molecule has 0 spiro atoms. The number of furan rings is 1. The van der Waals surface area contributed by atoms with Gasteiger partial charge in [0.1, 0.15) is 18.3 Å². The molecule has 4 heterocycles. The van der Waals surface area contributed by atoms with E-state index in [1.807, 2.05) is 38.1 Å². The van der Waals surface area contributed by atoms with Gasteiger partial charge >= 0.3 is 0 Å². The predicted octanol–water partition coefficient (Wildman–Crippen LogP) is 3.59. The number of pyridine rings is 1. The number of nitro benzene ring substituents is 1. The summed E-state index contributed by atoms with van der Waals surface area (Å²) < 4.78 is 7.22. The van der Waals surface area contributed by atoms with E-state index in [9.17, 15) is 14.9 Å². The molecule has 12 nitrogen and oxygen atoms in total. The summed E-state index contributed by atoms with van der Waals surface area (Å²) in [5.41, 5.74) is 4.31. The Bertz CT molecular complexity index is 1720. The Morgan fingerprint density at radius 3 is 2.55 bits per heavy atom. The number of rotatable bonds is 7.